The Morgan fingerprint density at radius 2 is 1.61 bits per heavy atom. The minimum atomic E-state index is -3.47. The number of nitrogens with zero attached hydrogens (tertiary/aromatic N) is 2. The molecule has 2 atom stereocenters. The van der Waals surface area contributed by atoms with Crippen LogP contribution in [0, 0.1) is 5.92 Å². The summed E-state index contributed by atoms with van der Waals surface area (Å²) in [5, 5.41) is 3.58. The van der Waals surface area contributed by atoms with Gasteiger partial charge in [-0.05, 0) is 62.3 Å². The van der Waals surface area contributed by atoms with Gasteiger partial charge in [0.15, 0.2) is 0 Å². The number of hydrogen-bond donors (Lipinski definition) is 1. The first-order valence-electron chi connectivity index (χ1n) is 10.1. The lowest BCUT2D eigenvalue weighted by atomic mass is 10.0. The molecule has 0 radical (unpaired) electrons. The smallest absolute Gasteiger partial charge is 0.253 e. The van der Waals surface area contributed by atoms with Gasteiger partial charge in [-0.2, -0.15) is 4.31 Å². The van der Waals surface area contributed by atoms with Crippen LogP contribution >= 0.6 is 12.4 Å². The molecule has 1 N–H and O–H groups in total. The summed E-state index contributed by atoms with van der Waals surface area (Å²) in [5.41, 5.74) is 0.569. The Morgan fingerprint density at radius 3 is 2.29 bits per heavy atom. The highest BCUT2D eigenvalue weighted by Gasteiger charge is 2.32. The largest absolute Gasteiger partial charge is 0.337 e. The summed E-state index contributed by atoms with van der Waals surface area (Å²) in [6.45, 7) is 4.82. The molecule has 0 aliphatic carbocycles. The van der Waals surface area contributed by atoms with E-state index in [0.717, 1.165) is 38.8 Å². The summed E-state index contributed by atoms with van der Waals surface area (Å²) in [6, 6.07) is 7.43. The van der Waals surface area contributed by atoms with Crippen molar-refractivity contribution in [3.63, 3.8) is 0 Å². The third kappa shape index (κ3) is 4.37. The standard InChI is InChI=1S/C20H29N3O3S.ClH/c1-15-8-12-23(13-9-15)27(25,26)19-6-2-16(3-7-19)20(24)22-11-10-17-4-5-18(14-22)21-17;/h2-3,6-7,15,17-18,21H,4-5,8-14H2,1H3;1H. The van der Waals surface area contributed by atoms with Gasteiger partial charge >= 0.3 is 0 Å². The lowest BCUT2D eigenvalue weighted by Crippen LogP contribution is -2.39. The number of carbonyl (C=O) groups is 1. The van der Waals surface area contributed by atoms with E-state index in [2.05, 4.69) is 12.2 Å². The third-order valence-corrected chi connectivity index (χ3v) is 8.20. The number of nitrogens with one attached hydrogen (secondary N) is 1. The van der Waals surface area contributed by atoms with Crippen molar-refractivity contribution in [1.29, 1.82) is 0 Å². The average Bonchev–Trinajstić information content (AvgIpc) is 3.00. The van der Waals surface area contributed by atoms with Crippen molar-refractivity contribution in [2.45, 2.75) is 56.0 Å². The van der Waals surface area contributed by atoms with E-state index in [-0.39, 0.29) is 23.2 Å². The molecule has 4 rings (SSSR count). The van der Waals surface area contributed by atoms with Crippen molar-refractivity contribution in [2.75, 3.05) is 26.2 Å². The van der Waals surface area contributed by atoms with Gasteiger partial charge < -0.3 is 10.2 Å². The zero-order valence-electron chi connectivity index (χ0n) is 16.3. The molecule has 3 heterocycles. The second kappa shape index (κ2) is 8.69. The summed E-state index contributed by atoms with van der Waals surface area (Å²) < 4.78 is 27.2. The number of likely N-dealkylation sites (tertiary alicyclic amines) is 1. The van der Waals surface area contributed by atoms with Gasteiger partial charge in [-0.1, -0.05) is 6.92 Å². The van der Waals surface area contributed by atoms with Gasteiger partial charge in [-0.3, -0.25) is 4.79 Å². The molecule has 1 aromatic rings. The summed E-state index contributed by atoms with van der Waals surface area (Å²) >= 11 is 0. The number of sulfonamides is 1. The molecule has 3 fully saturated rings. The van der Waals surface area contributed by atoms with Gasteiger partial charge in [0.25, 0.3) is 5.91 Å². The minimum Gasteiger partial charge on any atom is -0.337 e. The number of fused-ring (bicyclic) bond motifs is 2. The first-order valence-corrected chi connectivity index (χ1v) is 11.5. The highest BCUT2D eigenvalue weighted by atomic mass is 35.5. The molecule has 2 bridgehead atoms. The number of piperidine rings is 1. The number of benzene rings is 1. The fraction of sp³-hybridized carbons (Fsp3) is 0.650. The van der Waals surface area contributed by atoms with Crippen LogP contribution in [0.5, 0.6) is 0 Å². The molecule has 0 saturated carbocycles. The molecule has 28 heavy (non-hydrogen) atoms. The van der Waals surface area contributed by atoms with Gasteiger partial charge in [-0.15, -0.1) is 12.4 Å². The molecule has 8 heteroatoms. The average molecular weight is 428 g/mol. The van der Waals surface area contributed by atoms with E-state index >= 15 is 0 Å². The highest BCUT2D eigenvalue weighted by Crippen LogP contribution is 2.25. The monoisotopic (exact) mass is 427 g/mol. The lowest BCUT2D eigenvalue weighted by molar-refractivity contribution is 0.0748. The van der Waals surface area contributed by atoms with E-state index in [4.69, 9.17) is 0 Å². The summed E-state index contributed by atoms with van der Waals surface area (Å²) in [6.07, 6.45) is 5.12. The quantitative estimate of drug-likeness (QED) is 0.804. The Balaban J connectivity index is 0.00000225. The van der Waals surface area contributed by atoms with Crippen LogP contribution in [-0.2, 0) is 10.0 Å². The normalized spacial score (nSPS) is 26.5. The van der Waals surface area contributed by atoms with Gasteiger partial charge in [0.2, 0.25) is 10.0 Å². The maximum absolute atomic E-state index is 12.9. The van der Waals surface area contributed by atoms with Crippen molar-refractivity contribution in [3.8, 4) is 0 Å². The number of carbonyl (C=O) groups excluding carboxylic acids is 1. The van der Waals surface area contributed by atoms with Gasteiger partial charge in [-0.25, -0.2) is 8.42 Å². The Hall–Kier alpha value is -1.15. The Morgan fingerprint density at radius 1 is 0.964 bits per heavy atom. The van der Waals surface area contributed by atoms with Crippen LogP contribution in [0.25, 0.3) is 0 Å². The molecule has 3 saturated heterocycles. The number of halogens is 1. The van der Waals surface area contributed by atoms with Crippen molar-refractivity contribution in [1.82, 2.24) is 14.5 Å². The fourth-order valence-electron chi connectivity index (χ4n) is 4.45. The number of amides is 1. The Bertz CT molecular complexity index is 791. The molecule has 3 aliphatic rings. The first-order chi connectivity index (χ1) is 12.9. The molecule has 156 valence electrons. The number of hydrogen-bond acceptors (Lipinski definition) is 4. The van der Waals surface area contributed by atoms with E-state index in [1.165, 1.54) is 6.42 Å². The van der Waals surface area contributed by atoms with Crippen LogP contribution in [0.4, 0.5) is 0 Å². The lowest BCUT2D eigenvalue weighted by Gasteiger charge is -2.29. The maximum atomic E-state index is 12.9. The molecular weight excluding hydrogens is 398 g/mol. The second-order valence-corrected chi connectivity index (χ2v) is 10.2. The molecule has 0 aromatic heterocycles. The van der Waals surface area contributed by atoms with Crippen LogP contribution in [0.2, 0.25) is 0 Å². The Labute approximate surface area is 174 Å². The van der Waals surface area contributed by atoms with Crippen LogP contribution in [0.15, 0.2) is 29.2 Å². The second-order valence-electron chi connectivity index (χ2n) is 8.29. The van der Waals surface area contributed by atoms with Crippen LogP contribution < -0.4 is 5.32 Å². The number of rotatable bonds is 3. The van der Waals surface area contributed by atoms with E-state index in [1.807, 2.05) is 4.90 Å². The minimum absolute atomic E-state index is 0. The summed E-state index contributed by atoms with van der Waals surface area (Å²) in [5.74, 6) is 0.579. The van der Waals surface area contributed by atoms with E-state index in [0.29, 0.717) is 36.7 Å². The predicted molar refractivity (Wildman–Crippen MR) is 111 cm³/mol. The molecule has 1 aromatic carbocycles. The van der Waals surface area contributed by atoms with E-state index in [9.17, 15) is 13.2 Å². The summed E-state index contributed by atoms with van der Waals surface area (Å²) in [7, 11) is -3.47. The van der Waals surface area contributed by atoms with Gasteiger partial charge in [0.1, 0.15) is 0 Å². The van der Waals surface area contributed by atoms with Crippen molar-refractivity contribution >= 4 is 28.3 Å². The Kier molecular flexibility index (Phi) is 6.69. The highest BCUT2D eigenvalue weighted by molar-refractivity contribution is 7.89. The SMILES string of the molecule is CC1CCN(S(=O)(=O)c2ccc(C(=O)N3CCC4CCC(C3)N4)cc2)CC1.Cl. The zero-order valence-corrected chi connectivity index (χ0v) is 18.0. The maximum Gasteiger partial charge on any atom is 0.253 e. The third-order valence-electron chi connectivity index (χ3n) is 6.29. The van der Waals surface area contributed by atoms with Crippen LogP contribution in [0.1, 0.15) is 49.4 Å². The van der Waals surface area contributed by atoms with Crippen LogP contribution in [-0.4, -0.2) is 61.8 Å². The van der Waals surface area contributed by atoms with Crippen molar-refractivity contribution in [2.24, 2.45) is 5.92 Å². The van der Waals surface area contributed by atoms with E-state index < -0.39 is 10.0 Å². The molecule has 3 aliphatic heterocycles. The van der Waals surface area contributed by atoms with Crippen LogP contribution in [0.3, 0.4) is 0 Å². The summed E-state index contributed by atoms with van der Waals surface area (Å²) in [4.78, 5) is 15.1. The van der Waals surface area contributed by atoms with Crippen molar-refractivity contribution < 1.29 is 13.2 Å². The topological polar surface area (TPSA) is 69.7 Å². The zero-order chi connectivity index (χ0) is 19.0. The van der Waals surface area contributed by atoms with Gasteiger partial charge in [0.05, 0.1) is 4.90 Å². The predicted octanol–water partition coefficient (Wildman–Crippen LogP) is 2.50. The van der Waals surface area contributed by atoms with Gasteiger partial charge in [0, 0.05) is 43.8 Å². The fourth-order valence-corrected chi connectivity index (χ4v) is 5.92. The first kappa shape index (κ1) is 21.6. The molecular formula is C20H30ClN3O3S. The van der Waals surface area contributed by atoms with Crippen molar-refractivity contribution in [3.05, 3.63) is 29.8 Å². The molecule has 1 amide bonds. The van der Waals surface area contributed by atoms with E-state index in [1.54, 1.807) is 28.6 Å². The molecule has 0 spiro atoms. The molecule has 6 nitrogen and oxygen atoms in total. The molecule has 2 unspecified atom stereocenters.